The Labute approximate surface area is 153 Å². The number of benzene rings is 1. The Morgan fingerprint density at radius 2 is 2.04 bits per heavy atom. The van der Waals surface area contributed by atoms with E-state index in [1.54, 1.807) is 6.20 Å². The van der Waals surface area contributed by atoms with E-state index in [4.69, 9.17) is 10.3 Å². The number of aliphatic imine (C=N–C) groups is 1. The molecule has 4 rings (SSSR count). The van der Waals surface area contributed by atoms with Gasteiger partial charge in [-0.3, -0.25) is 4.52 Å². The van der Waals surface area contributed by atoms with Gasteiger partial charge in [0.2, 0.25) is 11.0 Å². The number of para-hydroxylation sites is 1. The van der Waals surface area contributed by atoms with Crippen LogP contribution in [0.25, 0.3) is 15.9 Å². The lowest BCUT2D eigenvalue weighted by Crippen LogP contribution is -2.30. The van der Waals surface area contributed by atoms with E-state index in [0.717, 1.165) is 27.2 Å². The maximum Gasteiger partial charge on any atom is 0.321 e. The molecule has 0 bridgehead atoms. The monoisotopic (exact) mass is 365 g/mol. The number of pyridine rings is 1. The molecular weight excluding hydrogens is 350 g/mol. The van der Waals surface area contributed by atoms with Gasteiger partial charge in [-0.15, -0.1) is 11.3 Å². The minimum Gasteiger partial charge on any atom is -0.857 e. The summed E-state index contributed by atoms with van der Waals surface area (Å²) in [6.07, 6.45) is 1.55. The molecule has 1 aromatic carbocycles. The molecule has 0 fully saturated rings. The molecule has 0 aliphatic rings. The molecule has 8 heteroatoms. The lowest BCUT2D eigenvalue weighted by atomic mass is 10.1. The van der Waals surface area contributed by atoms with E-state index >= 15 is 0 Å². The number of nitrogen functional groups attached to an aromatic ring is 1. The first-order chi connectivity index (χ1) is 12.5. The van der Waals surface area contributed by atoms with Gasteiger partial charge in [0.05, 0.1) is 10.6 Å². The van der Waals surface area contributed by atoms with Gasteiger partial charge in [-0.2, -0.15) is 0 Å². The van der Waals surface area contributed by atoms with E-state index in [0.29, 0.717) is 10.6 Å². The Balaban J connectivity index is 1.73. The van der Waals surface area contributed by atoms with Crippen molar-refractivity contribution >= 4 is 39.0 Å². The Hall–Kier alpha value is -3.26. The molecule has 3 aromatic heterocycles. The van der Waals surface area contributed by atoms with Crippen LogP contribution in [0.3, 0.4) is 0 Å². The molecule has 26 heavy (non-hydrogen) atoms. The molecule has 0 saturated carbocycles. The third kappa shape index (κ3) is 2.80. The number of hydrogen-bond acceptors (Lipinski definition) is 7. The van der Waals surface area contributed by atoms with Gasteiger partial charge in [-0.1, -0.05) is 18.2 Å². The molecule has 130 valence electrons. The van der Waals surface area contributed by atoms with Crippen molar-refractivity contribution in [2.24, 2.45) is 4.99 Å². The van der Waals surface area contributed by atoms with Gasteiger partial charge in [0.1, 0.15) is 4.83 Å². The summed E-state index contributed by atoms with van der Waals surface area (Å²) in [6, 6.07) is 11.4. The summed E-state index contributed by atoms with van der Waals surface area (Å²) < 4.78 is 6.65. The Bertz CT molecular complexity index is 1130. The number of nitrogens with two attached hydrogens (primary N) is 1. The number of rotatable bonds is 3. The van der Waals surface area contributed by atoms with Crippen molar-refractivity contribution < 1.29 is 14.3 Å². The lowest BCUT2D eigenvalue weighted by molar-refractivity contribution is -0.670. The molecule has 0 aliphatic heterocycles. The average Bonchev–Trinajstić information content (AvgIpc) is 3.20. The highest BCUT2D eigenvalue weighted by Crippen LogP contribution is 2.35. The average molecular weight is 365 g/mol. The largest absolute Gasteiger partial charge is 0.857 e. The standard InChI is InChI=1S/C18H15N5O2S/c1-10-8-11(2)20-18-14(10)15(19)16(26-18)17(24)21-13-9-23(22-25-13)12-6-4-3-5-7-12/h3-9H,1-2H3,(H2-,19,21,22,24). The quantitative estimate of drug-likeness (QED) is 0.340. The number of aromatic nitrogens is 3. The second-order valence-electron chi connectivity index (χ2n) is 5.84. The van der Waals surface area contributed by atoms with Crippen molar-refractivity contribution in [1.29, 1.82) is 0 Å². The molecule has 0 amide bonds. The fourth-order valence-electron chi connectivity index (χ4n) is 2.77. The van der Waals surface area contributed by atoms with Crippen LogP contribution in [0, 0.1) is 13.8 Å². The molecule has 0 radical (unpaired) electrons. The molecule has 0 aliphatic carbocycles. The third-order valence-electron chi connectivity index (χ3n) is 3.91. The lowest BCUT2D eigenvalue weighted by Gasteiger charge is -2.07. The van der Waals surface area contributed by atoms with E-state index in [9.17, 15) is 5.11 Å². The Morgan fingerprint density at radius 3 is 2.81 bits per heavy atom. The zero-order valence-electron chi connectivity index (χ0n) is 14.1. The molecular formula is C18H15N5O2S. The fourth-order valence-corrected chi connectivity index (χ4v) is 3.87. The van der Waals surface area contributed by atoms with Crippen LogP contribution in [0.15, 0.2) is 52.1 Å². The van der Waals surface area contributed by atoms with Gasteiger partial charge in [-0.25, -0.2) is 9.98 Å². The van der Waals surface area contributed by atoms with Gasteiger partial charge in [0.15, 0.2) is 0 Å². The van der Waals surface area contributed by atoms with E-state index in [-0.39, 0.29) is 5.88 Å². The van der Waals surface area contributed by atoms with Gasteiger partial charge in [0, 0.05) is 29.1 Å². The first-order valence-corrected chi connectivity index (χ1v) is 8.71. The van der Waals surface area contributed by atoms with Crippen molar-refractivity contribution in [3.05, 3.63) is 58.7 Å². The Kier molecular flexibility index (Phi) is 3.89. The number of fused-ring (bicyclic) bond motifs is 1. The van der Waals surface area contributed by atoms with Crippen LogP contribution in [0.1, 0.15) is 16.1 Å². The molecule has 4 aromatic rings. The van der Waals surface area contributed by atoms with E-state index in [1.807, 2.05) is 50.2 Å². The number of thiophene rings is 1. The van der Waals surface area contributed by atoms with Gasteiger partial charge in [-0.05, 0) is 30.2 Å². The highest BCUT2D eigenvalue weighted by molar-refractivity contribution is 7.21. The van der Waals surface area contributed by atoms with Gasteiger partial charge < -0.3 is 10.8 Å². The summed E-state index contributed by atoms with van der Waals surface area (Å²) in [5.74, 6) is -0.365. The third-order valence-corrected chi connectivity index (χ3v) is 4.99. The summed E-state index contributed by atoms with van der Waals surface area (Å²) in [5.41, 5.74) is 9.26. The van der Waals surface area contributed by atoms with Crippen LogP contribution in [0.5, 0.6) is 0 Å². The van der Waals surface area contributed by atoms with E-state index in [2.05, 4.69) is 15.2 Å². The number of aryl methyl sites for hydroxylation is 2. The fraction of sp³-hybridized carbons (Fsp3) is 0.111. The first kappa shape index (κ1) is 16.2. The summed E-state index contributed by atoms with van der Waals surface area (Å²) in [5, 5.41) is 17.3. The second kappa shape index (κ2) is 6.23. The first-order valence-electron chi connectivity index (χ1n) is 7.89. The Morgan fingerprint density at radius 1 is 1.27 bits per heavy atom. The minimum absolute atomic E-state index is 0.108. The topological polar surface area (TPSA) is 104 Å². The SMILES string of the molecule is Cc1cc(C)c2c(N)c(/C([O-])=N/c3c[n+](-c4ccccc4)no3)sc2n1. The van der Waals surface area contributed by atoms with Crippen molar-refractivity contribution in [1.82, 2.24) is 10.3 Å². The summed E-state index contributed by atoms with van der Waals surface area (Å²) in [4.78, 5) is 9.54. The van der Waals surface area contributed by atoms with Gasteiger partial charge >= 0.3 is 5.88 Å². The van der Waals surface area contributed by atoms with Crippen LogP contribution in [-0.4, -0.2) is 16.2 Å². The maximum absolute atomic E-state index is 12.6. The minimum atomic E-state index is -0.473. The molecule has 3 heterocycles. The molecule has 2 N–H and O–H groups in total. The van der Waals surface area contributed by atoms with Crippen LogP contribution < -0.4 is 15.5 Å². The van der Waals surface area contributed by atoms with Gasteiger partial charge in [0.25, 0.3) is 6.20 Å². The van der Waals surface area contributed by atoms with E-state index in [1.165, 1.54) is 16.0 Å². The number of anilines is 1. The molecule has 0 spiro atoms. The molecule has 0 saturated heterocycles. The molecule has 0 atom stereocenters. The zero-order valence-corrected chi connectivity index (χ0v) is 14.9. The zero-order chi connectivity index (χ0) is 18.3. The highest BCUT2D eigenvalue weighted by atomic mass is 32.1. The second-order valence-corrected chi connectivity index (χ2v) is 6.84. The summed E-state index contributed by atoms with van der Waals surface area (Å²) in [6.45, 7) is 3.86. The van der Waals surface area contributed by atoms with Crippen LogP contribution in [0.2, 0.25) is 0 Å². The smallest absolute Gasteiger partial charge is 0.321 e. The maximum atomic E-state index is 12.6. The van der Waals surface area contributed by atoms with Crippen molar-refractivity contribution in [2.45, 2.75) is 13.8 Å². The molecule has 0 unspecified atom stereocenters. The normalized spacial score (nSPS) is 12.0. The van der Waals surface area contributed by atoms with E-state index < -0.39 is 5.90 Å². The molecule has 7 nitrogen and oxygen atoms in total. The summed E-state index contributed by atoms with van der Waals surface area (Å²) >= 11 is 1.23. The van der Waals surface area contributed by atoms with Crippen LogP contribution in [-0.2, 0) is 0 Å². The summed E-state index contributed by atoms with van der Waals surface area (Å²) in [7, 11) is 0. The van der Waals surface area contributed by atoms with Crippen molar-refractivity contribution in [2.75, 3.05) is 5.73 Å². The predicted molar refractivity (Wildman–Crippen MR) is 97.7 cm³/mol. The van der Waals surface area contributed by atoms with Crippen LogP contribution in [0.4, 0.5) is 11.6 Å². The van der Waals surface area contributed by atoms with Crippen molar-refractivity contribution in [3.8, 4) is 5.69 Å². The number of nitrogens with zero attached hydrogens (tertiary/aromatic N) is 4. The predicted octanol–water partition coefficient (Wildman–Crippen LogP) is 2.20. The van der Waals surface area contributed by atoms with Crippen molar-refractivity contribution in [3.63, 3.8) is 0 Å². The highest BCUT2D eigenvalue weighted by Gasteiger charge is 2.16. The van der Waals surface area contributed by atoms with Crippen LogP contribution >= 0.6 is 11.3 Å². The number of hydrogen-bond donors (Lipinski definition) is 1.